The van der Waals surface area contributed by atoms with Crippen LogP contribution in [-0.4, -0.2) is 21.5 Å². The molecule has 0 radical (unpaired) electrons. The monoisotopic (exact) mass is 442 g/mol. The molecule has 28 heavy (non-hydrogen) atoms. The van der Waals surface area contributed by atoms with Gasteiger partial charge < -0.3 is 4.90 Å². The zero-order chi connectivity index (χ0) is 20.5. The second-order valence-corrected chi connectivity index (χ2v) is 9.43. The van der Waals surface area contributed by atoms with Crippen molar-refractivity contribution >= 4 is 39.1 Å². The second kappa shape index (κ2) is 8.24. The van der Waals surface area contributed by atoms with Crippen molar-refractivity contribution < 1.29 is 17.2 Å². The number of nitrogens with zero attached hydrogens (tertiary/aromatic N) is 1. The number of fused-ring (bicyclic) bond motifs is 1. The molecule has 0 fully saturated rings. The molecule has 0 amide bonds. The summed E-state index contributed by atoms with van der Waals surface area (Å²) in [5.41, 5.74) is 1.60. The van der Waals surface area contributed by atoms with E-state index in [9.17, 15) is 17.2 Å². The normalized spacial score (nSPS) is 14.3. The van der Waals surface area contributed by atoms with Gasteiger partial charge in [0, 0.05) is 39.7 Å². The van der Waals surface area contributed by atoms with Gasteiger partial charge in [0.25, 0.3) is 0 Å². The molecule has 1 heterocycles. The first kappa shape index (κ1) is 20.9. The predicted octanol–water partition coefficient (Wildman–Crippen LogP) is 4.93. The van der Waals surface area contributed by atoms with Gasteiger partial charge in [-0.1, -0.05) is 36.5 Å². The van der Waals surface area contributed by atoms with Gasteiger partial charge in [-0.2, -0.15) is 0 Å². The number of thioether (sulfide) groups is 1. The molecule has 0 aromatic heterocycles. The molecular weight excluding hydrogens is 426 g/mol. The Morgan fingerprint density at radius 1 is 1.11 bits per heavy atom. The highest BCUT2D eigenvalue weighted by Gasteiger charge is 2.24. The van der Waals surface area contributed by atoms with Crippen LogP contribution in [0.2, 0.25) is 5.02 Å². The van der Waals surface area contributed by atoms with E-state index >= 15 is 0 Å². The van der Waals surface area contributed by atoms with Crippen LogP contribution in [0.5, 0.6) is 0 Å². The first-order valence-corrected chi connectivity index (χ1v) is 10.9. The lowest BCUT2D eigenvalue weighted by Crippen LogP contribution is -2.31. The number of nitrogens with one attached hydrogen (secondary N) is 1. The van der Waals surface area contributed by atoms with Gasteiger partial charge in [-0.3, -0.25) is 0 Å². The van der Waals surface area contributed by atoms with E-state index in [1.807, 2.05) is 17.0 Å². The quantitative estimate of drug-likeness (QED) is 0.645. The maximum absolute atomic E-state index is 13.3. The van der Waals surface area contributed by atoms with Crippen LogP contribution < -0.4 is 9.62 Å². The molecule has 2 aromatic carbocycles. The van der Waals surface area contributed by atoms with Gasteiger partial charge >= 0.3 is 0 Å². The van der Waals surface area contributed by atoms with Gasteiger partial charge in [0.05, 0.1) is 10.6 Å². The van der Waals surface area contributed by atoms with Crippen molar-refractivity contribution in [3.05, 3.63) is 76.8 Å². The Hall–Kier alpha value is -1.87. The summed E-state index contributed by atoms with van der Waals surface area (Å²) in [6.45, 7) is 8.58. The van der Waals surface area contributed by atoms with Gasteiger partial charge in [-0.15, -0.1) is 0 Å². The summed E-state index contributed by atoms with van der Waals surface area (Å²) >= 11 is 7.60. The second-order valence-electron chi connectivity index (χ2n) is 6.09. The third kappa shape index (κ3) is 4.57. The van der Waals surface area contributed by atoms with Crippen LogP contribution in [0.15, 0.2) is 69.9 Å². The number of hydrogen-bond donors (Lipinski definition) is 1. The summed E-state index contributed by atoms with van der Waals surface area (Å²) in [6, 6.07) is 7.68. The first-order valence-electron chi connectivity index (χ1n) is 8.26. The Kier molecular flexibility index (Phi) is 6.14. The van der Waals surface area contributed by atoms with Crippen LogP contribution in [-0.2, 0) is 10.0 Å². The SMILES string of the molecule is C=C1Sc2ccc(Cl)cc2N(CCCNS(=O)(=O)c2cc(F)cc(F)c2)C1=C. The van der Waals surface area contributed by atoms with Crippen molar-refractivity contribution in [2.75, 3.05) is 18.0 Å². The number of anilines is 1. The van der Waals surface area contributed by atoms with Crippen LogP contribution in [0, 0.1) is 11.6 Å². The third-order valence-electron chi connectivity index (χ3n) is 4.09. The summed E-state index contributed by atoms with van der Waals surface area (Å²) in [5.74, 6) is -1.90. The summed E-state index contributed by atoms with van der Waals surface area (Å²) < 4.78 is 53.4. The zero-order valence-corrected chi connectivity index (χ0v) is 17.1. The smallest absolute Gasteiger partial charge is 0.240 e. The lowest BCUT2D eigenvalue weighted by molar-refractivity contribution is 0.560. The molecule has 1 N–H and O–H groups in total. The molecule has 0 bridgehead atoms. The van der Waals surface area contributed by atoms with E-state index in [0.29, 0.717) is 24.1 Å². The molecule has 0 aliphatic carbocycles. The van der Waals surface area contributed by atoms with E-state index in [-0.39, 0.29) is 6.54 Å². The zero-order valence-electron chi connectivity index (χ0n) is 14.7. The van der Waals surface area contributed by atoms with E-state index in [2.05, 4.69) is 17.9 Å². The number of hydrogen-bond acceptors (Lipinski definition) is 4. The minimum Gasteiger partial charge on any atom is -0.340 e. The van der Waals surface area contributed by atoms with Crippen LogP contribution in [0.25, 0.3) is 0 Å². The van der Waals surface area contributed by atoms with Crippen LogP contribution in [0.1, 0.15) is 6.42 Å². The van der Waals surface area contributed by atoms with Crippen molar-refractivity contribution in [2.24, 2.45) is 0 Å². The molecule has 1 aliphatic rings. The molecule has 0 saturated heterocycles. The van der Waals surface area contributed by atoms with Crippen molar-refractivity contribution in [1.82, 2.24) is 4.72 Å². The number of sulfonamides is 1. The van der Waals surface area contributed by atoms with E-state index in [1.54, 1.807) is 6.07 Å². The van der Waals surface area contributed by atoms with Crippen molar-refractivity contribution in [3.63, 3.8) is 0 Å². The highest BCUT2D eigenvalue weighted by molar-refractivity contribution is 8.03. The molecule has 1 aliphatic heterocycles. The van der Waals surface area contributed by atoms with Crippen LogP contribution in [0.4, 0.5) is 14.5 Å². The lowest BCUT2D eigenvalue weighted by atomic mass is 10.2. The molecular formula is C19H17ClF2N2O2S2. The minimum atomic E-state index is -4.01. The van der Waals surface area contributed by atoms with E-state index < -0.39 is 26.6 Å². The number of halogens is 3. The topological polar surface area (TPSA) is 49.4 Å². The average molecular weight is 443 g/mol. The minimum absolute atomic E-state index is 0.0831. The van der Waals surface area contributed by atoms with Crippen molar-refractivity contribution in [2.45, 2.75) is 16.2 Å². The Labute approximate surface area is 171 Å². The number of rotatable bonds is 6. The molecule has 9 heteroatoms. The lowest BCUT2D eigenvalue weighted by Gasteiger charge is -2.34. The third-order valence-corrected chi connectivity index (χ3v) is 6.81. The molecule has 0 saturated carbocycles. The standard InChI is InChI=1S/C19H17ClF2N2O2S2/c1-12-13(2)27-19-5-4-14(20)8-18(19)24(12)7-3-6-23-28(25,26)17-10-15(21)9-16(22)11-17/h4-5,8-11,23H,1-3,6-7H2. The fourth-order valence-electron chi connectivity index (χ4n) is 2.74. The summed E-state index contributed by atoms with van der Waals surface area (Å²) in [5, 5.41) is 0.582. The van der Waals surface area contributed by atoms with Gasteiger partial charge in [0.15, 0.2) is 0 Å². The highest BCUT2D eigenvalue weighted by atomic mass is 35.5. The molecule has 4 nitrogen and oxygen atoms in total. The first-order chi connectivity index (χ1) is 13.2. The number of benzene rings is 2. The predicted molar refractivity (Wildman–Crippen MR) is 109 cm³/mol. The average Bonchev–Trinajstić information content (AvgIpc) is 2.61. The molecule has 2 aromatic rings. The molecule has 148 valence electrons. The highest BCUT2D eigenvalue weighted by Crippen LogP contribution is 2.45. The summed E-state index contributed by atoms with van der Waals surface area (Å²) in [4.78, 5) is 3.26. The van der Waals surface area contributed by atoms with Gasteiger partial charge in [0.1, 0.15) is 11.6 Å². The fourth-order valence-corrected chi connectivity index (χ4v) is 4.93. The Bertz CT molecular complexity index is 1040. The summed E-state index contributed by atoms with van der Waals surface area (Å²) in [6.07, 6.45) is 0.431. The van der Waals surface area contributed by atoms with Crippen molar-refractivity contribution in [3.8, 4) is 0 Å². The van der Waals surface area contributed by atoms with Crippen molar-refractivity contribution in [1.29, 1.82) is 0 Å². The van der Waals surface area contributed by atoms with Crippen LogP contribution in [0.3, 0.4) is 0 Å². The van der Waals surface area contributed by atoms with Crippen LogP contribution >= 0.6 is 23.4 Å². The fraction of sp³-hybridized carbons (Fsp3) is 0.158. The van der Waals surface area contributed by atoms with E-state index in [0.717, 1.165) is 33.3 Å². The molecule has 0 atom stereocenters. The Morgan fingerprint density at radius 3 is 2.46 bits per heavy atom. The van der Waals surface area contributed by atoms with Gasteiger partial charge in [-0.25, -0.2) is 21.9 Å². The Morgan fingerprint density at radius 2 is 1.79 bits per heavy atom. The molecule has 0 unspecified atom stereocenters. The van der Waals surface area contributed by atoms with E-state index in [1.165, 1.54) is 11.8 Å². The maximum Gasteiger partial charge on any atom is 0.240 e. The Balaban J connectivity index is 1.67. The largest absolute Gasteiger partial charge is 0.340 e. The molecule has 0 spiro atoms. The summed E-state index contributed by atoms with van der Waals surface area (Å²) in [7, 11) is -4.01. The maximum atomic E-state index is 13.3. The molecule has 3 rings (SSSR count). The van der Waals surface area contributed by atoms with E-state index in [4.69, 9.17) is 11.6 Å². The van der Waals surface area contributed by atoms with Gasteiger partial charge in [-0.05, 0) is 36.8 Å². The van der Waals surface area contributed by atoms with Gasteiger partial charge in [0.2, 0.25) is 10.0 Å².